The van der Waals surface area contributed by atoms with Gasteiger partial charge in [0.05, 0.1) is 5.71 Å². The summed E-state index contributed by atoms with van der Waals surface area (Å²) in [6, 6.07) is 0. The van der Waals surface area contributed by atoms with Crippen molar-refractivity contribution >= 4 is 5.71 Å². The highest BCUT2D eigenvalue weighted by Gasteiger charge is 1.99. The first-order valence-corrected chi connectivity index (χ1v) is 5.78. The molecule has 0 radical (unpaired) electrons. The van der Waals surface area contributed by atoms with Gasteiger partial charge in [-0.2, -0.15) is 0 Å². The standard InChI is InChI=1S/C12H21NO/c14-13-12-10-8-6-4-2-1-3-5-7-9-11-12/h6,8,14H,1-5,7,9-11H2. The molecule has 0 atom stereocenters. The van der Waals surface area contributed by atoms with Gasteiger partial charge in [-0.25, -0.2) is 0 Å². The van der Waals surface area contributed by atoms with Gasteiger partial charge in [-0.1, -0.05) is 43.0 Å². The summed E-state index contributed by atoms with van der Waals surface area (Å²) in [5.41, 5.74) is 0.932. The molecule has 0 aromatic carbocycles. The summed E-state index contributed by atoms with van der Waals surface area (Å²) in [6.45, 7) is 0. The second-order valence-electron chi connectivity index (χ2n) is 4.00. The van der Waals surface area contributed by atoms with Crippen molar-refractivity contribution in [3.05, 3.63) is 12.2 Å². The van der Waals surface area contributed by atoms with E-state index in [1.54, 1.807) is 0 Å². The lowest BCUT2D eigenvalue weighted by Crippen LogP contribution is -1.97. The van der Waals surface area contributed by atoms with Crippen molar-refractivity contribution in [2.75, 3.05) is 0 Å². The topological polar surface area (TPSA) is 32.6 Å². The lowest BCUT2D eigenvalue weighted by atomic mass is 10.0. The van der Waals surface area contributed by atoms with E-state index in [0.29, 0.717) is 0 Å². The molecule has 0 bridgehead atoms. The van der Waals surface area contributed by atoms with Crippen LogP contribution in [0.3, 0.4) is 0 Å². The monoisotopic (exact) mass is 195 g/mol. The zero-order chi connectivity index (χ0) is 10.1. The van der Waals surface area contributed by atoms with Gasteiger partial charge in [0.1, 0.15) is 0 Å². The molecule has 1 aliphatic carbocycles. The molecule has 0 fully saturated rings. The van der Waals surface area contributed by atoms with Crippen LogP contribution in [-0.2, 0) is 0 Å². The van der Waals surface area contributed by atoms with Gasteiger partial charge in [0.2, 0.25) is 0 Å². The Kier molecular flexibility index (Phi) is 6.13. The summed E-state index contributed by atoms with van der Waals surface area (Å²) in [5.74, 6) is 0. The molecule has 0 saturated heterocycles. The molecule has 1 aliphatic rings. The minimum absolute atomic E-state index is 0.830. The maximum atomic E-state index is 8.75. The highest BCUT2D eigenvalue weighted by atomic mass is 16.4. The van der Waals surface area contributed by atoms with E-state index in [0.717, 1.165) is 18.6 Å². The lowest BCUT2D eigenvalue weighted by Gasteiger charge is -2.04. The first-order valence-electron chi connectivity index (χ1n) is 5.78. The summed E-state index contributed by atoms with van der Waals surface area (Å²) in [7, 11) is 0. The molecule has 80 valence electrons. The number of allylic oxidation sites excluding steroid dienone is 2. The Morgan fingerprint density at radius 1 is 0.929 bits per heavy atom. The van der Waals surface area contributed by atoms with E-state index in [4.69, 9.17) is 5.21 Å². The van der Waals surface area contributed by atoms with Gasteiger partial charge in [0.15, 0.2) is 0 Å². The second-order valence-corrected chi connectivity index (χ2v) is 4.00. The molecule has 2 heteroatoms. The van der Waals surface area contributed by atoms with Gasteiger partial charge in [0.25, 0.3) is 0 Å². The van der Waals surface area contributed by atoms with Crippen molar-refractivity contribution < 1.29 is 5.21 Å². The normalized spacial score (nSPS) is 24.1. The quantitative estimate of drug-likeness (QED) is 0.355. The molecule has 2 nitrogen and oxygen atoms in total. The third kappa shape index (κ3) is 5.05. The van der Waals surface area contributed by atoms with Crippen LogP contribution in [0.25, 0.3) is 0 Å². The largest absolute Gasteiger partial charge is 0.411 e. The average Bonchev–Trinajstić information content (AvgIpc) is 2.19. The van der Waals surface area contributed by atoms with Crippen molar-refractivity contribution in [3.8, 4) is 0 Å². The number of rotatable bonds is 0. The molecule has 0 aromatic rings. The highest BCUT2D eigenvalue weighted by molar-refractivity contribution is 5.85. The predicted octanol–water partition coefficient (Wildman–Crippen LogP) is 3.90. The van der Waals surface area contributed by atoms with Crippen molar-refractivity contribution in [1.29, 1.82) is 0 Å². The zero-order valence-electron chi connectivity index (χ0n) is 8.91. The molecule has 0 amide bonds. The molecule has 1 N–H and O–H groups in total. The molecule has 0 spiro atoms. The van der Waals surface area contributed by atoms with Gasteiger partial charge < -0.3 is 5.21 Å². The van der Waals surface area contributed by atoms with Crippen molar-refractivity contribution in [3.63, 3.8) is 0 Å². The Labute approximate surface area is 86.7 Å². The maximum Gasteiger partial charge on any atom is 0.0608 e. The molecular formula is C12H21NO. The van der Waals surface area contributed by atoms with Crippen LogP contribution in [-0.4, -0.2) is 10.9 Å². The Bertz CT molecular complexity index is 196. The first-order chi connectivity index (χ1) is 6.93. The minimum Gasteiger partial charge on any atom is -0.411 e. The summed E-state index contributed by atoms with van der Waals surface area (Å²) < 4.78 is 0. The van der Waals surface area contributed by atoms with Crippen molar-refractivity contribution in [2.45, 2.75) is 57.8 Å². The third-order valence-electron chi connectivity index (χ3n) is 2.75. The van der Waals surface area contributed by atoms with E-state index in [2.05, 4.69) is 17.3 Å². The molecule has 0 unspecified atom stereocenters. The molecule has 0 aromatic heterocycles. The lowest BCUT2D eigenvalue weighted by molar-refractivity contribution is 0.316. The Morgan fingerprint density at radius 3 is 2.43 bits per heavy atom. The molecule has 14 heavy (non-hydrogen) atoms. The summed E-state index contributed by atoms with van der Waals surface area (Å²) in [4.78, 5) is 0. The molecular weight excluding hydrogens is 174 g/mol. The van der Waals surface area contributed by atoms with Gasteiger partial charge in [0, 0.05) is 6.42 Å². The number of oxime groups is 1. The van der Waals surface area contributed by atoms with Crippen LogP contribution in [0, 0.1) is 0 Å². The fourth-order valence-electron chi connectivity index (χ4n) is 1.83. The Morgan fingerprint density at radius 2 is 1.64 bits per heavy atom. The Hall–Kier alpha value is -0.790. The van der Waals surface area contributed by atoms with Crippen molar-refractivity contribution in [2.24, 2.45) is 5.16 Å². The van der Waals surface area contributed by atoms with E-state index in [1.165, 1.54) is 44.9 Å². The summed E-state index contributed by atoms with van der Waals surface area (Å²) in [5, 5.41) is 12.1. The fraction of sp³-hybridized carbons (Fsp3) is 0.750. The number of hydrogen-bond acceptors (Lipinski definition) is 2. The van der Waals surface area contributed by atoms with Crippen LogP contribution in [0.5, 0.6) is 0 Å². The van der Waals surface area contributed by atoms with E-state index in [-0.39, 0.29) is 0 Å². The van der Waals surface area contributed by atoms with E-state index in [9.17, 15) is 0 Å². The van der Waals surface area contributed by atoms with E-state index >= 15 is 0 Å². The van der Waals surface area contributed by atoms with E-state index < -0.39 is 0 Å². The van der Waals surface area contributed by atoms with Crippen LogP contribution in [0.4, 0.5) is 0 Å². The van der Waals surface area contributed by atoms with Crippen molar-refractivity contribution in [1.82, 2.24) is 0 Å². The number of nitrogens with zero attached hydrogens (tertiary/aromatic N) is 1. The maximum absolute atomic E-state index is 8.75. The van der Waals surface area contributed by atoms with Gasteiger partial charge in [-0.3, -0.25) is 0 Å². The minimum atomic E-state index is 0.830. The predicted molar refractivity (Wildman–Crippen MR) is 59.9 cm³/mol. The third-order valence-corrected chi connectivity index (χ3v) is 2.75. The molecule has 0 heterocycles. The van der Waals surface area contributed by atoms with Crippen LogP contribution < -0.4 is 0 Å². The highest BCUT2D eigenvalue weighted by Crippen LogP contribution is 2.12. The Balaban J connectivity index is 2.35. The van der Waals surface area contributed by atoms with Crippen LogP contribution in [0.2, 0.25) is 0 Å². The SMILES string of the molecule is ON=C1CC=CCCCCCCCC1. The molecule has 0 aliphatic heterocycles. The fourth-order valence-corrected chi connectivity index (χ4v) is 1.83. The van der Waals surface area contributed by atoms with E-state index in [1.807, 2.05) is 0 Å². The first kappa shape index (κ1) is 11.3. The van der Waals surface area contributed by atoms with Gasteiger partial charge in [-0.05, 0) is 25.7 Å². The van der Waals surface area contributed by atoms with Gasteiger partial charge in [-0.15, -0.1) is 0 Å². The number of hydrogen-bond donors (Lipinski definition) is 1. The van der Waals surface area contributed by atoms with Gasteiger partial charge >= 0.3 is 0 Å². The molecule has 0 saturated carbocycles. The zero-order valence-corrected chi connectivity index (χ0v) is 8.91. The van der Waals surface area contributed by atoms with Crippen LogP contribution in [0.15, 0.2) is 17.3 Å². The average molecular weight is 195 g/mol. The van der Waals surface area contributed by atoms with Crippen LogP contribution >= 0.6 is 0 Å². The summed E-state index contributed by atoms with van der Waals surface area (Å²) in [6.07, 6.45) is 15.1. The smallest absolute Gasteiger partial charge is 0.0608 e. The molecule has 1 rings (SSSR count). The van der Waals surface area contributed by atoms with Crippen LogP contribution in [0.1, 0.15) is 57.8 Å². The summed E-state index contributed by atoms with van der Waals surface area (Å²) >= 11 is 0. The second kappa shape index (κ2) is 7.60.